The van der Waals surface area contributed by atoms with E-state index >= 15 is 0 Å². The number of rotatable bonds is 2. The van der Waals surface area contributed by atoms with E-state index in [2.05, 4.69) is 55.8 Å². The summed E-state index contributed by atoms with van der Waals surface area (Å²) in [5.41, 5.74) is 3.93. The molecule has 0 saturated carbocycles. The summed E-state index contributed by atoms with van der Waals surface area (Å²) in [6.45, 7) is 8.66. The van der Waals surface area contributed by atoms with Gasteiger partial charge in [0.1, 0.15) is 0 Å². The number of nitrogens with zero attached hydrogens (tertiary/aromatic N) is 2. The Balaban J connectivity index is 2.23. The van der Waals surface area contributed by atoms with Gasteiger partial charge in [-0.05, 0) is 39.4 Å². The molecule has 1 aromatic rings. The van der Waals surface area contributed by atoms with Crippen molar-refractivity contribution in [3.05, 3.63) is 29.3 Å². The van der Waals surface area contributed by atoms with E-state index in [9.17, 15) is 5.11 Å². The van der Waals surface area contributed by atoms with Gasteiger partial charge in [-0.3, -0.25) is 4.90 Å². The summed E-state index contributed by atoms with van der Waals surface area (Å²) in [7, 11) is 2.10. The van der Waals surface area contributed by atoms with Gasteiger partial charge < -0.3 is 10.0 Å². The van der Waals surface area contributed by atoms with Gasteiger partial charge in [-0.1, -0.05) is 17.7 Å². The SMILES string of the molecule is Cc1ccc(N2CC(C)N(C)C(CO)C2)c(C)c1. The molecule has 2 unspecified atom stereocenters. The monoisotopic (exact) mass is 248 g/mol. The van der Waals surface area contributed by atoms with Crippen LogP contribution in [0.25, 0.3) is 0 Å². The van der Waals surface area contributed by atoms with Gasteiger partial charge in [-0.25, -0.2) is 0 Å². The Morgan fingerprint density at radius 3 is 2.61 bits per heavy atom. The Bertz CT molecular complexity index is 419. The molecule has 1 aliphatic rings. The van der Waals surface area contributed by atoms with Crippen molar-refractivity contribution in [1.29, 1.82) is 0 Å². The molecule has 0 amide bonds. The van der Waals surface area contributed by atoms with E-state index in [0.29, 0.717) is 6.04 Å². The number of aliphatic hydroxyl groups is 1. The molecule has 1 saturated heterocycles. The lowest BCUT2D eigenvalue weighted by atomic mass is 10.0. The Kier molecular flexibility index (Phi) is 3.93. The van der Waals surface area contributed by atoms with Gasteiger partial charge in [0.05, 0.1) is 12.6 Å². The molecule has 2 rings (SSSR count). The number of hydrogen-bond acceptors (Lipinski definition) is 3. The third-order valence-electron chi connectivity index (χ3n) is 4.09. The van der Waals surface area contributed by atoms with Crippen LogP contribution in [0.3, 0.4) is 0 Å². The highest BCUT2D eigenvalue weighted by Crippen LogP contribution is 2.25. The van der Waals surface area contributed by atoms with Crippen LogP contribution in [-0.4, -0.2) is 48.8 Å². The van der Waals surface area contributed by atoms with E-state index < -0.39 is 0 Å². The fourth-order valence-corrected chi connectivity index (χ4v) is 2.81. The molecule has 3 heteroatoms. The van der Waals surface area contributed by atoms with Crippen LogP contribution in [0.1, 0.15) is 18.1 Å². The topological polar surface area (TPSA) is 26.7 Å². The van der Waals surface area contributed by atoms with E-state index in [0.717, 1.165) is 13.1 Å². The molecule has 1 heterocycles. The molecule has 0 radical (unpaired) electrons. The van der Waals surface area contributed by atoms with Gasteiger partial charge in [0, 0.05) is 24.8 Å². The van der Waals surface area contributed by atoms with Crippen LogP contribution in [0.15, 0.2) is 18.2 Å². The minimum atomic E-state index is 0.224. The molecule has 100 valence electrons. The molecule has 0 aromatic heterocycles. The molecular formula is C15H24N2O. The molecule has 1 aliphatic heterocycles. The molecule has 2 atom stereocenters. The first kappa shape index (κ1) is 13.4. The lowest BCUT2D eigenvalue weighted by molar-refractivity contribution is 0.0996. The van der Waals surface area contributed by atoms with Gasteiger partial charge in [0.15, 0.2) is 0 Å². The van der Waals surface area contributed by atoms with Crippen molar-refractivity contribution in [2.75, 3.05) is 31.6 Å². The predicted molar refractivity (Wildman–Crippen MR) is 76.2 cm³/mol. The lowest BCUT2D eigenvalue weighted by Gasteiger charge is -2.44. The highest BCUT2D eigenvalue weighted by atomic mass is 16.3. The average molecular weight is 248 g/mol. The summed E-state index contributed by atoms with van der Waals surface area (Å²) in [5.74, 6) is 0. The van der Waals surface area contributed by atoms with Crippen molar-refractivity contribution in [1.82, 2.24) is 4.90 Å². The molecule has 1 N–H and O–H groups in total. The number of hydrogen-bond donors (Lipinski definition) is 1. The van der Waals surface area contributed by atoms with Crippen LogP contribution >= 0.6 is 0 Å². The largest absolute Gasteiger partial charge is 0.395 e. The van der Waals surface area contributed by atoms with Crippen LogP contribution in [0.5, 0.6) is 0 Å². The van der Waals surface area contributed by atoms with E-state index in [1.165, 1.54) is 16.8 Å². The zero-order chi connectivity index (χ0) is 13.3. The third-order valence-corrected chi connectivity index (χ3v) is 4.09. The normalized spacial score (nSPS) is 25.5. The molecular weight excluding hydrogens is 224 g/mol. The van der Waals surface area contributed by atoms with Gasteiger partial charge in [-0.15, -0.1) is 0 Å². The Morgan fingerprint density at radius 1 is 1.28 bits per heavy atom. The number of piperazine rings is 1. The summed E-state index contributed by atoms with van der Waals surface area (Å²) >= 11 is 0. The van der Waals surface area contributed by atoms with Crippen molar-refractivity contribution >= 4 is 5.69 Å². The van der Waals surface area contributed by atoms with E-state index in [4.69, 9.17) is 0 Å². The highest BCUT2D eigenvalue weighted by molar-refractivity contribution is 5.55. The molecule has 0 spiro atoms. The van der Waals surface area contributed by atoms with Crippen molar-refractivity contribution in [3.8, 4) is 0 Å². The van der Waals surface area contributed by atoms with Gasteiger partial charge in [0.2, 0.25) is 0 Å². The quantitative estimate of drug-likeness (QED) is 0.864. The first-order chi connectivity index (χ1) is 8.52. The molecule has 3 nitrogen and oxygen atoms in total. The molecule has 1 aromatic carbocycles. The van der Waals surface area contributed by atoms with Gasteiger partial charge >= 0.3 is 0 Å². The predicted octanol–water partition coefficient (Wildman–Crippen LogP) is 1.80. The second-order valence-electron chi connectivity index (χ2n) is 5.55. The van der Waals surface area contributed by atoms with Crippen molar-refractivity contribution in [2.24, 2.45) is 0 Å². The van der Waals surface area contributed by atoms with Crippen molar-refractivity contribution < 1.29 is 5.11 Å². The smallest absolute Gasteiger partial charge is 0.0604 e. The maximum atomic E-state index is 9.49. The zero-order valence-corrected chi connectivity index (χ0v) is 11.8. The first-order valence-corrected chi connectivity index (χ1v) is 6.68. The Hall–Kier alpha value is -1.06. The molecule has 0 bridgehead atoms. The second kappa shape index (κ2) is 5.29. The molecule has 0 aliphatic carbocycles. The van der Waals surface area contributed by atoms with Crippen molar-refractivity contribution in [3.63, 3.8) is 0 Å². The van der Waals surface area contributed by atoms with E-state index in [-0.39, 0.29) is 12.6 Å². The highest BCUT2D eigenvalue weighted by Gasteiger charge is 2.29. The number of aryl methyl sites for hydroxylation is 2. The van der Waals surface area contributed by atoms with Crippen LogP contribution in [0, 0.1) is 13.8 Å². The summed E-state index contributed by atoms with van der Waals surface area (Å²) < 4.78 is 0. The lowest BCUT2D eigenvalue weighted by Crippen LogP contribution is -2.57. The first-order valence-electron chi connectivity index (χ1n) is 6.68. The van der Waals surface area contributed by atoms with E-state index in [1.54, 1.807) is 0 Å². The number of anilines is 1. The maximum absolute atomic E-state index is 9.49. The molecule has 18 heavy (non-hydrogen) atoms. The number of aliphatic hydroxyl groups excluding tert-OH is 1. The fraction of sp³-hybridized carbons (Fsp3) is 0.600. The number of benzene rings is 1. The summed E-state index contributed by atoms with van der Waals surface area (Å²) in [6, 6.07) is 7.30. The Labute approximate surface area is 110 Å². The number of likely N-dealkylation sites (N-methyl/N-ethyl adjacent to an activating group) is 1. The third kappa shape index (κ3) is 2.52. The van der Waals surface area contributed by atoms with Crippen LogP contribution in [0.2, 0.25) is 0 Å². The maximum Gasteiger partial charge on any atom is 0.0604 e. The average Bonchev–Trinajstić information content (AvgIpc) is 2.32. The molecule has 1 fully saturated rings. The summed E-state index contributed by atoms with van der Waals surface area (Å²) in [4.78, 5) is 4.68. The zero-order valence-electron chi connectivity index (χ0n) is 11.8. The van der Waals surface area contributed by atoms with Gasteiger partial charge in [0.25, 0.3) is 0 Å². The van der Waals surface area contributed by atoms with Gasteiger partial charge in [-0.2, -0.15) is 0 Å². The minimum Gasteiger partial charge on any atom is -0.395 e. The van der Waals surface area contributed by atoms with Crippen LogP contribution < -0.4 is 4.90 Å². The van der Waals surface area contributed by atoms with Crippen LogP contribution in [-0.2, 0) is 0 Å². The minimum absolute atomic E-state index is 0.224. The fourth-order valence-electron chi connectivity index (χ4n) is 2.81. The standard InChI is InChI=1S/C15H24N2O/c1-11-5-6-15(12(2)7-11)17-8-13(3)16(4)14(9-17)10-18/h5-7,13-14,18H,8-10H2,1-4H3. The van der Waals surface area contributed by atoms with Crippen molar-refractivity contribution in [2.45, 2.75) is 32.9 Å². The summed E-state index contributed by atoms with van der Waals surface area (Å²) in [6.07, 6.45) is 0. The second-order valence-corrected chi connectivity index (χ2v) is 5.55. The summed E-state index contributed by atoms with van der Waals surface area (Å²) in [5, 5.41) is 9.49. The Morgan fingerprint density at radius 2 is 2.00 bits per heavy atom. The van der Waals surface area contributed by atoms with E-state index in [1.807, 2.05) is 0 Å². The van der Waals surface area contributed by atoms with Crippen LogP contribution in [0.4, 0.5) is 5.69 Å².